The molecule has 1 aromatic rings. The summed E-state index contributed by atoms with van der Waals surface area (Å²) in [6.07, 6.45) is -4.77. The van der Waals surface area contributed by atoms with Crippen molar-refractivity contribution in [3.05, 3.63) is 22.9 Å². The maximum Gasteiger partial charge on any atom is 0.574 e. The topological polar surface area (TPSA) is 45.9 Å². The van der Waals surface area contributed by atoms with Crippen molar-refractivity contribution in [3.8, 4) is 11.9 Å². The van der Waals surface area contributed by atoms with Gasteiger partial charge in [-0.15, -0.1) is 13.2 Å². The van der Waals surface area contributed by atoms with Gasteiger partial charge >= 0.3 is 6.36 Å². The fraction of sp³-hybridized carbons (Fsp3) is 0.333. The maximum atomic E-state index is 11.9. The summed E-state index contributed by atoms with van der Waals surface area (Å²) in [4.78, 5) is 3.56. The zero-order valence-electron chi connectivity index (χ0n) is 8.01. The van der Waals surface area contributed by atoms with Crippen LogP contribution in [0.3, 0.4) is 0 Å². The molecule has 0 spiro atoms. The molecule has 1 rings (SSSR count). The van der Waals surface area contributed by atoms with Crippen LogP contribution in [0.2, 0.25) is 0 Å². The van der Waals surface area contributed by atoms with Crippen molar-refractivity contribution in [3.63, 3.8) is 0 Å². The molecule has 1 heterocycles. The predicted molar refractivity (Wildman–Crippen MR) is 45.1 cm³/mol. The standard InChI is InChI=1S/C9H7F3N2O/c1-5-3-7(4-13)6(2)14-8(5)15-9(10,11)12/h3H,1-2H3. The second-order valence-corrected chi connectivity index (χ2v) is 2.90. The zero-order chi connectivity index (χ0) is 11.6. The van der Waals surface area contributed by atoms with E-state index in [9.17, 15) is 13.2 Å². The number of halogens is 3. The smallest absolute Gasteiger partial charge is 0.388 e. The number of alkyl halides is 3. The molecule has 0 unspecified atom stereocenters. The molecule has 0 N–H and O–H groups in total. The van der Waals surface area contributed by atoms with Crippen LogP contribution in [-0.2, 0) is 0 Å². The van der Waals surface area contributed by atoms with Gasteiger partial charge in [0, 0.05) is 5.56 Å². The van der Waals surface area contributed by atoms with Gasteiger partial charge < -0.3 is 4.74 Å². The third kappa shape index (κ3) is 2.84. The van der Waals surface area contributed by atoms with E-state index < -0.39 is 12.2 Å². The van der Waals surface area contributed by atoms with E-state index in [1.807, 2.05) is 6.07 Å². The predicted octanol–water partition coefficient (Wildman–Crippen LogP) is 2.47. The number of pyridine rings is 1. The van der Waals surface area contributed by atoms with Crippen LogP contribution in [-0.4, -0.2) is 11.3 Å². The lowest BCUT2D eigenvalue weighted by atomic mass is 10.1. The third-order valence-electron chi connectivity index (χ3n) is 1.69. The van der Waals surface area contributed by atoms with Crippen LogP contribution < -0.4 is 4.74 Å². The largest absolute Gasteiger partial charge is 0.574 e. The summed E-state index contributed by atoms with van der Waals surface area (Å²) in [6, 6.07) is 3.14. The van der Waals surface area contributed by atoms with Crippen LogP contribution in [0.5, 0.6) is 5.88 Å². The lowest BCUT2D eigenvalue weighted by Crippen LogP contribution is -2.19. The van der Waals surface area contributed by atoms with E-state index in [2.05, 4.69) is 9.72 Å². The van der Waals surface area contributed by atoms with E-state index >= 15 is 0 Å². The second kappa shape index (κ2) is 3.77. The SMILES string of the molecule is Cc1cc(C#N)c(C)nc1OC(F)(F)F. The minimum absolute atomic E-state index is 0.175. The monoisotopic (exact) mass is 216 g/mol. The normalized spacial score (nSPS) is 10.9. The summed E-state index contributed by atoms with van der Waals surface area (Å²) in [6.45, 7) is 2.84. The molecule has 0 aliphatic heterocycles. The van der Waals surface area contributed by atoms with E-state index in [1.54, 1.807) is 0 Å². The van der Waals surface area contributed by atoms with Gasteiger partial charge in [0.2, 0.25) is 5.88 Å². The fourth-order valence-electron chi connectivity index (χ4n) is 1.01. The van der Waals surface area contributed by atoms with Gasteiger partial charge in [0.25, 0.3) is 0 Å². The Hall–Kier alpha value is -1.77. The molecular formula is C9H7F3N2O. The van der Waals surface area contributed by atoms with Crippen LogP contribution in [0, 0.1) is 25.2 Å². The molecule has 0 atom stereocenters. The Morgan fingerprint density at radius 2 is 2.00 bits per heavy atom. The van der Waals surface area contributed by atoms with Gasteiger partial charge in [-0.05, 0) is 19.9 Å². The molecule has 0 saturated heterocycles. The highest BCUT2D eigenvalue weighted by molar-refractivity contribution is 5.40. The summed E-state index contributed by atoms with van der Waals surface area (Å²) in [7, 11) is 0. The molecule has 0 aliphatic rings. The first-order valence-corrected chi connectivity index (χ1v) is 3.97. The average molecular weight is 216 g/mol. The van der Waals surface area contributed by atoms with Crippen molar-refractivity contribution in [1.29, 1.82) is 5.26 Å². The number of hydrogen-bond donors (Lipinski definition) is 0. The van der Waals surface area contributed by atoms with Gasteiger partial charge in [0.1, 0.15) is 6.07 Å². The Morgan fingerprint density at radius 3 is 2.47 bits per heavy atom. The molecule has 0 amide bonds. The average Bonchev–Trinajstić information content (AvgIpc) is 2.08. The molecule has 0 radical (unpaired) electrons. The molecule has 0 aromatic carbocycles. The first kappa shape index (κ1) is 11.3. The van der Waals surface area contributed by atoms with Gasteiger partial charge in [-0.2, -0.15) is 5.26 Å². The highest BCUT2D eigenvalue weighted by Gasteiger charge is 2.32. The fourth-order valence-corrected chi connectivity index (χ4v) is 1.01. The summed E-state index contributed by atoms with van der Waals surface area (Å²) in [5, 5.41) is 8.61. The summed E-state index contributed by atoms with van der Waals surface area (Å²) in [5.41, 5.74) is 0.624. The highest BCUT2D eigenvalue weighted by atomic mass is 19.4. The van der Waals surface area contributed by atoms with Crippen molar-refractivity contribution in [2.75, 3.05) is 0 Å². The number of aromatic nitrogens is 1. The van der Waals surface area contributed by atoms with Gasteiger partial charge in [-0.1, -0.05) is 0 Å². The molecule has 15 heavy (non-hydrogen) atoms. The Balaban J connectivity index is 3.13. The molecule has 0 bridgehead atoms. The summed E-state index contributed by atoms with van der Waals surface area (Å²) in [5.74, 6) is -0.515. The molecule has 0 aliphatic carbocycles. The zero-order valence-corrected chi connectivity index (χ0v) is 8.01. The molecule has 1 aromatic heterocycles. The van der Waals surface area contributed by atoms with Crippen LogP contribution in [0.1, 0.15) is 16.8 Å². The van der Waals surface area contributed by atoms with Crippen molar-refractivity contribution < 1.29 is 17.9 Å². The number of hydrogen-bond acceptors (Lipinski definition) is 3. The number of nitriles is 1. The Kier molecular flexibility index (Phi) is 2.84. The van der Waals surface area contributed by atoms with Crippen molar-refractivity contribution in [2.24, 2.45) is 0 Å². The third-order valence-corrected chi connectivity index (χ3v) is 1.69. The molecule has 80 valence electrons. The summed E-state index contributed by atoms with van der Waals surface area (Å²) >= 11 is 0. The van der Waals surface area contributed by atoms with E-state index in [1.165, 1.54) is 19.9 Å². The minimum Gasteiger partial charge on any atom is -0.388 e. The molecule has 3 nitrogen and oxygen atoms in total. The highest BCUT2D eigenvalue weighted by Crippen LogP contribution is 2.25. The van der Waals surface area contributed by atoms with Crippen LogP contribution in [0.25, 0.3) is 0 Å². The lowest BCUT2D eigenvalue weighted by Gasteiger charge is -2.11. The Bertz CT molecular complexity index is 421. The van der Waals surface area contributed by atoms with Gasteiger partial charge in [-0.25, -0.2) is 4.98 Å². The number of aryl methyl sites for hydroxylation is 2. The van der Waals surface area contributed by atoms with Gasteiger partial charge in [0.05, 0.1) is 11.3 Å². The number of ether oxygens (including phenoxy) is 1. The maximum absolute atomic E-state index is 11.9. The van der Waals surface area contributed by atoms with Crippen LogP contribution in [0.4, 0.5) is 13.2 Å². The first-order chi connectivity index (χ1) is 6.83. The Labute approximate surface area is 84.1 Å². The molecule has 0 saturated carbocycles. The minimum atomic E-state index is -4.77. The molecular weight excluding hydrogens is 209 g/mol. The van der Waals surface area contributed by atoms with Crippen LogP contribution in [0.15, 0.2) is 6.07 Å². The van der Waals surface area contributed by atoms with Gasteiger partial charge in [0.15, 0.2) is 0 Å². The summed E-state index contributed by atoms with van der Waals surface area (Å²) < 4.78 is 39.4. The van der Waals surface area contributed by atoms with Crippen molar-refractivity contribution in [2.45, 2.75) is 20.2 Å². The lowest BCUT2D eigenvalue weighted by molar-refractivity contribution is -0.276. The van der Waals surface area contributed by atoms with E-state index in [-0.39, 0.29) is 16.8 Å². The van der Waals surface area contributed by atoms with Crippen molar-refractivity contribution in [1.82, 2.24) is 4.98 Å². The van der Waals surface area contributed by atoms with Crippen molar-refractivity contribution >= 4 is 0 Å². The first-order valence-electron chi connectivity index (χ1n) is 3.97. The second-order valence-electron chi connectivity index (χ2n) is 2.90. The van der Waals surface area contributed by atoms with E-state index in [4.69, 9.17) is 5.26 Å². The van der Waals surface area contributed by atoms with E-state index in [0.29, 0.717) is 0 Å². The van der Waals surface area contributed by atoms with Crippen LogP contribution >= 0.6 is 0 Å². The molecule has 6 heteroatoms. The molecule has 0 fully saturated rings. The number of nitrogens with zero attached hydrogens (tertiary/aromatic N) is 2. The van der Waals surface area contributed by atoms with Gasteiger partial charge in [-0.3, -0.25) is 0 Å². The quantitative estimate of drug-likeness (QED) is 0.724. The van der Waals surface area contributed by atoms with E-state index in [0.717, 1.165) is 0 Å². The Morgan fingerprint density at radius 1 is 1.40 bits per heavy atom. The number of rotatable bonds is 1.